The fourth-order valence-corrected chi connectivity index (χ4v) is 1.45. The van der Waals surface area contributed by atoms with Gasteiger partial charge < -0.3 is 4.98 Å². The topological polar surface area (TPSA) is 54.9 Å². The molecule has 76 valence electrons. The van der Waals surface area contributed by atoms with Gasteiger partial charge >= 0.3 is 5.69 Å². The van der Waals surface area contributed by atoms with Crippen molar-refractivity contribution in [3.63, 3.8) is 0 Å². The smallest absolute Gasteiger partial charge is 0.305 e. The lowest BCUT2D eigenvalue weighted by molar-refractivity contribution is 0.0956. The van der Waals surface area contributed by atoms with Crippen LogP contribution in [0.4, 0.5) is 0 Å². The Bertz CT molecular complexity index is 604. The minimum atomic E-state index is -0.427. The molecule has 0 aliphatic heterocycles. The number of allylic oxidation sites excluding steroid dienone is 1. The number of carbonyl (C=O) groups is 1. The van der Waals surface area contributed by atoms with E-state index in [1.165, 1.54) is 0 Å². The SMILES string of the molecule is C=C(C)C(=O)n1c(=O)[nH]c2ccccc21. The van der Waals surface area contributed by atoms with Gasteiger partial charge in [-0.3, -0.25) is 4.79 Å². The maximum Gasteiger partial charge on any atom is 0.333 e. The number of aromatic nitrogens is 2. The second-order valence-corrected chi connectivity index (χ2v) is 3.37. The van der Waals surface area contributed by atoms with Crippen molar-refractivity contribution < 1.29 is 4.79 Å². The van der Waals surface area contributed by atoms with Gasteiger partial charge in [-0.15, -0.1) is 0 Å². The molecule has 0 saturated heterocycles. The molecule has 0 bridgehead atoms. The number of benzene rings is 1. The average molecular weight is 202 g/mol. The summed E-state index contributed by atoms with van der Waals surface area (Å²) in [6, 6.07) is 7.04. The first-order valence-electron chi connectivity index (χ1n) is 4.51. The van der Waals surface area contributed by atoms with Crippen LogP contribution in [0, 0.1) is 0 Å². The van der Waals surface area contributed by atoms with Gasteiger partial charge in [0.05, 0.1) is 11.0 Å². The third kappa shape index (κ3) is 1.40. The molecule has 0 unspecified atom stereocenters. The van der Waals surface area contributed by atoms with Crippen LogP contribution in [-0.2, 0) is 0 Å². The van der Waals surface area contributed by atoms with E-state index < -0.39 is 5.69 Å². The van der Waals surface area contributed by atoms with Crippen molar-refractivity contribution in [2.75, 3.05) is 0 Å². The molecule has 2 rings (SSSR count). The van der Waals surface area contributed by atoms with Crippen LogP contribution in [0.15, 0.2) is 41.2 Å². The van der Waals surface area contributed by atoms with Crippen LogP contribution >= 0.6 is 0 Å². The summed E-state index contributed by atoms with van der Waals surface area (Å²) in [5, 5.41) is 0. The molecule has 1 N–H and O–H groups in total. The zero-order valence-electron chi connectivity index (χ0n) is 8.28. The van der Waals surface area contributed by atoms with E-state index in [-0.39, 0.29) is 5.91 Å². The predicted molar refractivity (Wildman–Crippen MR) is 58.0 cm³/mol. The fraction of sp³-hybridized carbons (Fsp3) is 0.0909. The summed E-state index contributed by atoms with van der Waals surface area (Å²) in [6.45, 7) is 5.12. The Hall–Kier alpha value is -2.10. The molecule has 0 saturated carbocycles. The monoisotopic (exact) mass is 202 g/mol. The number of imidazole rings is 1. The number of carbonyl (C=O) groups excluding carboxylic acids is 1. The van der Waals surface area contributed by atoms with Gasteiger partial charge in [-0.2, -0.15) is 0 Å². The fourth-order valence-electron chi connectivity index (χ4n) is 1.45. The molecule has 0 aliphatic rings. The zero-order chi connectivity index (χ0) is 11.0. The minimum absolute atomic E-state index is 0.335. The standard InChI is InChI=1S/C11H10N2O2/c1-7(2)10(14)13-9-6-4-3-5-8(9)12-11(13)15/h3-6H,1H2,2H3,(H,12,15). The van der Waals surface area contributed by atoms with Gasteiger partial charge in [0.1, 0.15) is 0 Å². The van der Waals surface area contributed by atoms with Crippen molar-refractivity contribution >= 4 is 16.9 Å². The first kappa shape index (κ1) is 9.45. The average Bonchev–Trinajstić information content (AvgIpc) is 2.52. The number of nitrogens with one attached hydrogen (secondary N) is 1. The lowest BCUT2D eigenvalue weighted by atomic mass is 10.3. The molecule has 0 spiro atoms. The van der Waals surface area contributed by atoms with Crippen LogP contribution in [0.3, 0.4) is 0 Å². The molecular formula is C11H10N2O2. The molecule has 1 heterocycles. The van der Waals surface area contributed by atoms with Gasteiger partial charge in [0, 0.05) is 5.57 Å². The van der Waals surface area contributed by atoms with Gasteiger partial charge in [-0.25, -0.2) is 9.36 Å². The molecular weight excluding hydrogens is 192 g/mol. The highest BCUT2D eigenvalue weighted by molar-refractivity contribution is 5.99. The quantitative estimate of drug-likeness (QED) is 0.713. The van der Waals surface area contributed by atoms with Crippen LogP contribution in [0.5, 0.6) is 0 Å². The normalized spacial score (nSPS) is 10.5. The van der Waals surface area contributed by atoms with Crippen molar-refractivity contribution in [1.29, 1.82) is 0 Å². The zero-order valence-corrected chi connectivity index (χ0v) is 8.28. The molecule has 0 aliphatic carbocycles. The number of H-pyrrole nitrogens is 1. The van der Waals surface area contributed by atoms with E-state index in [0.29, 0.717) is 16.6 Å². The number of fused-ring (bicyclic) bond motifs is 1. The van der Waals surface area contributed by atoms with Crippen LogP contribution in [-0.4, -0.2) is 15.5 Å². The van der Waals surface area contributed by atoms with Crippen LogP contribution < -0.4 is 5.69 Å². The maximum atomic E-state index is 11.7. The highest BCUT2D eigenvalue weighted by Gasteiger charge is 2.13. The first-order valence-corrected chi connectivity index (χ1v) is 4.51. The van der Waals surface area contributed by atoms with E-state index in [2.05, 4.69) is 11.6 Å². The molecule has 0 fully saturated rings. The van der Waals surface area contributed by atoms with Crippen LogP contribution in [0.2, 0.25) is 0 Å². The molecule has 0 atom stereocenters. The van der Waals surface area contributed by atoms with Crippen molar-refractivity contribution in [1.82, 2.24) is 9.55 Å². The number of aromatic amines is 1. The third-order valence-electron chi connectivity index (χ3n) is 2.16. The van der Waals surface area contributed by atoms with E-state index in [0.717, 1.165) is 4.57 Å². The maximum absolute atomic E-state index is 11.7. The molecule has 1 aromatic carbocycles. The second-order valence-electron chi connectivity index (χ2n) is 3.37. The summed E-state index contributed by atoms with van der Waals surface area (Å²) < 4.78 is 1.09. The number of nitrogens with zero attached hydrogens (tertiary/aromatic N) is 1. The Morgan fingerprint density at radius 1 is 1.40 bits per heavy atom. The van der Waals surface area contributed by atoms with E-state index in [4.69, 9.17) is 0 Å². The Balaban J connectivity index is 2.80. The van der Waals surface area contributed by atoms with Gasteiger partial charge in [0.15, 0.2) is 0 Å². The van der Waals surface area contributed by atoms with E-state index in [9.17, 15) is 9.59 Å². The summed E-state index contributed by atoms with van der Waals surface area (Å²) in [5.74, 6) is -0.377. The lowest BCUT2D eigenvalue weighted by Gasteiger charge is -1.99. The highest BCUT2D eigenvalue weighted by Crippen LogP contribution is 2.09. The van der Waals surface area contributed by atoms with Gasteiger partial charge in [-0.1, -0.05) is 18.7 Å². The Morgan fingerprint density at radius 3 is 2.73 bits per heavy atom. The lowest BCUT2D eigenvalue weighted by Crippen LogP contribution is -2.24. The van der Waals surface area contributed by atoms with Crippen molar-refractivity contribution in [3.8, 4) is 0 Å². The molecule has 4 heteroatoms. The van der Waals surface area contributed by atoms with Gasteiger partial charge in [0.2, 0.25) is 0 Å². The van der Waals surface area contributed by atoms with Gasteiger partial charge in [-0.05, 0) is 19.1 Å². The molecule has 2 aromatic rings. The van der Waals surface area contributed by atoms with E-state index in [1.54, 1.807) is 31.2 Å². The first-order chi connectivity index (χ1) is 7.11. The molecule has 15 heavy (non-hydrogen) atoms. The molecule has 0 amide bonds. The predicted octanol–water partition coefficient (Wildman–Crippen LogP) is 1.55. The third-order valence-corrected chi connectivity index (χ3v) is 2.16. The molecule has 0 radical (unpaired) electrons. The summed E-state index contributed by atoms with van der Waals surface area (Å²) in [4.78, 5) is 25.8. The summed E-state index contributed by atoms with van der Waals surface area (Å²) >= 11 is 0. The summed E-state index contributed by atoms with van der Waals surface area (Å²) in [7, 11) is 0. The number of para-hydroxylation sites is 2. The van der Waals surface area contributed by atoms with Crippen LogP contribution in [0.1, 0.15) is 11.7 Å². The number of hydrogen-bond donors (Lipinski definition) is 1. The molecule has 4 nitrogen and oxygen atoms in total. The Morgan fingerprint density at radius 2 is 2.07 bits per heavy atom. The molecule has 1 aromatic heterocycles. The minimum Gasteiger partial charge on any atom is -0.305 e. The summed E-state index contributed by atoms with van der Waals surface area (Å²) in [6.07, 6.45) is 0. The largest absolute Gasteiger partial charge is 0.333 e. The Labute approximate surface area is 85.8 Å². The van der Waals surface area contributed by atoms with Crippen molar-refractivity contribution in [2.45, 2.75) is 6.92 Å². The number of rotatable bonds is 1. The Kier molecular flexibility index (Phi) is 2.04. The van der Waals surface area contributed by atoms with E-state index in [1.807, 2.05) is 0 Å². The second kappa shape index (κ2) is 3.24. The number of hydrogen-bond acceptors (Lipinski definition) is 2. The highest BCUT2D eigenvalue weighted by atomic mass is 16.2. The van der Waals surface area contributed by atoms with Crippen molar-refractivity contribution in [3.05, 3.63) is 46.9 Å². The summed E-state index contributed by atoms with van der Waals surface area (Å²) in [5.41, 5.74) is 1.14. The van der Waals surface area contributed by atoms with Crippen LogP contribution in [0.25, 0.3) is 11.0 Å². The van der Waals surface area contributed by atoms with Crippen molar-refractivity contribution in [2.24, 2.45) is 0 Å². The van der Waals surface area contributed by atoms with E-state index >= 15 is 0 Å². The van der Waals surface area contributed by atoms with Gasteiger partial charge in [0.25, 0.3) is 5.91 Å².